The molecule has 0 bridgehead atoms. The van der Waals surface area contributed by atoms with Gasteiger partial charge in [-0.05, 0) is 33.7 Å². The van der Waals surface area contributed by atoms with Gasteiger partial charge in [0.15, 0.2) is 0 Å². The van der Waals surface area contributed by atoms with Gasteiger partial charge in [0, 0.05) is 24.5 Å². The van der Waals surface area contributed by atoms with Crippen molar-refractivity contribution in [2.45, 2.75) is 32.7 Å². The van der Waals surface area contributed by atoms with Crippen molar-refractivity contribution >= 4 is 5.71 Å². The summed E-state index contributed by atoms with van der Waals surface area (Å²) < 4.78 is 0. The maximum absolute atomic E-state index is 5.61. The molecule has 1 aliphatic rings. The van der Waals surface area contributed by atoms with Crippen LogP contribution in [0.15, 0.2) is 5.16 Å². The van der Waals surface area contributed by atoms with E-state index in [1.54, 1.807) is 7.11 Å². The summed E-state index contributed by atoms with van der Waals surface area (Å²) >= 11 is 0. The summed E-state index contributed by atoms with van der Waals surface area (Å²) in [6, 6.07) is 0. The predicted molar refractivity (Wildman–Crippen MR) is 62.9 cm³/mol. The van der Waals surface area contributed by atoms with E-state index < -0.39 is 0 Å². The van der Waals surface area contributed by atoms with Gasteiger partial charge in [-0.2, -0.15) is 0 Å². The minimum absolute atomic E-state index is 0.192. The second-order valence-corrected chi connectivity index (χ2v) is 5.09. The first-order chi connectivity index (χ1) is 6.99. The first-order valence-electron chi connectivity index (χ1n) is 5.54. The Hall–Kier alpha value is -0.610. The van der Waals surface area contributed by atoms with Crippen molar-refractivity contribution in [3.63, 3.8) is 0 Å². The molecule has 0 aromatic heterocycles. The molecule has 0 spiro atoms. The number of likely N-dealkylation sites (tertiary alicyclic amines) is 1. The number of hydrogen-bond acceptors (Lipinski definition) is 4. The molecule has 1 saturated heterocycles. The Morgan fingerprint density at radius 3 is 2.67 bits per heavy atom. The minimum Gasteiger partial charge on any atom is -0.399 e. The van der Waals surface area contributed by atoms with Gasteiger partial charge in [-0.3, -0.25) is 4.90 Å². The highest BCUT2D eigenvalue weighted by molar-refractivity contribution is 5.90. The normalized spacial score (nSPS) is 26.2. The van der Waals surface area contributed by atoms with Crippen LogP contribution in [0.4, 0.5) is 0 Å². The highest BCUT2D eigenvalue weighted by Gasteiger charge is 2.34. The zero-order chi connectivity index (χ0) is 11.5. The zero-order valence-corrected chi connectivity index (χ0v) is 10.3. The number of nitrogens with two attached hydrogens (primary N) is 1. The molecule has 0 saturated carbocycles. The van der Waals surface area contributed by atoms with Gasteiger partial charge in [0.2, 0.25) is 0 Å². The molecule has 0 radical (unpaired) electrons. The molecular formula is C11H23N3O. The third-order valence-electron chi connectivity index (χ3n) is 2.94. The van der Waals surface area contributed by atoms with E-state index in [1.165, 1.54) is 0 Å². The van der Waals surface area contributed by atoms with Gasteiger partial charge >= 0.3 is 0 Å². The lowest BCUT2D eigenvalue weighted by Crippen LogP contribution is -2.39. The second kappa shape index (κ2) is 4.94. The van der Waals surface area contributed by atoms with E-state index in [-0.39, 0.29) is 5.54 Å². The zero-order valence-electron chi connectivity index (χ0n) is 10.3. The van der Waals surface area contributed by atoms with Gasteiger partial charge in [0.1, 0.15) is 7.11 Å². The van der Waals surface area contributed by atoms with Crippen LogP contribution in [0.2, 0.25) is 0 Å². The molecule has 1 aliphatic heterocycles. The van der Waals surface area contributed by atoms with Crippen LogP contribution in [0, 0.1) is 5.92 Å². The SMILES string of the molecule is CO/N=C1\CN(C(C)(C)C)CC1CCN. The van der Waals surface area contributed by atoms with Crippen LogP contribution in [-0.2, 0) is 4.84 Å². The summed E-state index contributed by atoms with van der Waals surface area (Å²) in [5, 5.41) is 4.11. The first-order valence-corrected chi connectivity index (χ1v) is 5.54. The van der Waals surface area contributed by atoms with E-state index in [2.05, 4.69) is 30.8 Å². The summed E-state index contributed by atoms with van der Waals surface area (Å²) in [5.41, 5.74) is 6.94. The van der Waals surface area contributed by atoms with Crippen molar-refractivity contribution < 1.29 is 4.84 Å². The summed E-state index contributed by atoms with van der Waals surface area (Å²) in [4.78, 5) is 7.31. The summed E-state index contributed by atoms with van der Waals surface area (Å²) in [5.74, 6) is 0.467. The van der Waals surface area contributed by atoms with E-state index in [4.69, 9.17) is 10.6 Å². The molecule has 1 atom stereocenters. The maximum atomic E-state index is 5.61. The van der Waals surface area contributed by atoms with Crippen LogP contribution in [-0.4, -0.2) is 42.9 Å². The van der Waals surface area contributed by atoms with E-state index in [0.29, 0.717) is 12.5 Å². The number of nitrogens with zero attached hydrogens (tertiary/aromatic N) is 2. The lowest BCUT2D eigenvalue weighted by atomic mass is 10.0. The molecular weight excluding hydrogens is 190 g/mol. The van der Waals surface area contributed by atoms with Gasteiger partial charge < -0.3 is 10.6 Å². The van der Waals surface area contributed by atoms with Gasteiger partial charge in [0.25, 0.3) is 0 Å². The highest BCUT2D eigenvalue weighted by Crippen LogP contribution is 2.24. The topological polar surface area (TPSA) is 50.8 Å². The molecule has 0 aromatic rings. The second-order valence-electron chi connectivity index (χ2n) is 5.09. The first kappa shape index (κ1) is 12.5. The third-order valence-corrected chi connectivity index (χ3v) is 2.94. The van der Waals surface area contributed by atoms with Crippen molar-refractivity contribution in [2.24, 2.45) is 16.8 Å². The van der Waals surface area contributed by atoms with Crippen molar-refractivity contribution in [1.29, 1.82) is 0 Å². The molecule has 1 fully saturated rings. The predicted octanol–water partition coefficient (Wildman–Crippen LogP) is 1.07. The van der Waals surface area contributed by atoms with Crippen LogP contribution < -0.4 is 5.73 Å². The van der Waals surface area contributed by atoms with E-state index in [0.717, 1.165) is 25.2 Å². The Morgan fingerprint density at radius 2 is 2.20 bits per heavy atom. The molecule has 4 nitrogen and oxygen atoms in total. The molecule has 88 valence electrons. The Bertz CT molecular complexity index is 232. The summed E-state index contributed by atoms with van der Waals surface area (Å²) in [6.45, 7) is 9.34. The summed E-state index contributed by atoms with van der Waals surface area (Å²) in [6.07, 6.45) is 0.995. The summed E-state index contributed by atoms with van der Waals surface area (Å²) in [7, 11) is 1.60. The van der Waals surface area contributed by atoms with Crippen LogP contribution in [0.1, 0.15) is 27.2 Å². The van der Waals surface area contributed by atoms with Crippen LogP contribution >= 0.6 is 0 Å². The van der Waals surface area contributed by atoms with E-state index in [1.807, 2.05) is 0 Å². The molecule has 15 heavy (non-hydrogen) atoms. The Kier molecular flexibility index (Phi) is 4.11. The van der Waals surface area contributed by atoms with E-state index in [9.17, 15) is 0 Å². The molecule has 0 aromatic carbocycles. The lowest BCUT2D eigenvalue weighted by Gasteiger charge is -2.31. The number of hydrogen-bond donors (Lipinski definition) is 1. The van der Waals surface area contributed by atoms with Gasteiger partial charge in [-0.25, -0.2) is 0 Å². The van der Waals surface area contributed by atoms with Crippen LogP contribution in [0.5, 0.6) is 0 Å². The monoisotopic (exact) mass is 213 g/mol. The largest absolute Gasteiger partial charge is 0.399 e. The molecule has 1 heterocycles. The van der Waals surface area contributed by atoms with Crippen molar-refractivity contribution in [3.05, 3.63) is 0 Å². The van der Waals surface area contributed by atoms with Crippen molar-refractivity contribution in [2.75, 3.05) is 26.7 Å². The minimum atomic E-state index is 0.192. The fourth-order valence-electron chi connectivity index (χ4n) is 1.95. The van der Waals surface area contributed by atoms with Crippen molar-refractivity contribution in [3.8, 4) is 0 Å². The van der Waals surface area contributed by atoms with Crippen LogP contribution in [0.3, 0.4) is 0 Å². The highest BCUT2D eigenvalue weighted by atomic mass is 16.6. The van der Waals surface area contributed by atoms with Crippen LogP contribution in [0.25, 0.3) is 0 Å². The smallest absolute Gasteiger partial charge is 0.106 e. The Labute approximate surface area is 92.4 Å². The van der Waals surface area contributed by atoms with Gasteiger partial charge in [-0.15, -0.1) is 0 Å². The molecule has 1 rings (SSSR count). The lowest BCUT2D eigenvalue weighted by molar-refractivity contribution is 0.169. The van der Waals surface area contributed by atoms with Crippen molar-refractivity contribution in [1.82, 2.24) is 4.90 Å². The molecule has 1 unspecified atom stereocenters. The molecule has 0 amide bonds. The average molecular weight is 213 g/mol. The third kappa shape index (κ3) is 3.18. The standard InChI is InChI=1S/C11H23N3O/c1-11(2,3)14-7-9(5-6-12)10(8-14)13-15-4/h9H,5-8,12H2,1-4H3/b13-10+. The fourth-order valence-corrected chi connectivity index (χ4v) is 1.95. The molecule has 4 heteroatoms. The number of oxime groups is 1. The maximum Gasteiger partial charge on any atom is 0.106 e. The Morgan fingerprint density at radius 1 is 1.53 bits per heavy atom. The molecule has 0 aliphatic carbocycles. The average Bonchev–Trinajstić information content (AvgIpc) is 2.50. The quantitative estimate of drug-likeness (QED) is 0.713. The van der Waals surface area contributed by atoms with Gasteiger partial charge in [-0.1, -0.05) is 5.16 Å². The molecule has 2 N–H and O–H groups in total. The van der Waals surface area contributed by atoms with E-state index >= 15 is 0 Å². The Balaban J connectivity index is 2.69. The van der Waals surface area contributed by atoms with Gasteiger partial charge in [0.05, 0.1) is 5.71 Å². The number of rotatable bonds is 3. The fraction of sp³-hybridized carbons (Fsp3) is 0.909.